The first-order valence-electron chi connectivity index (χ1n) is 4.93. The third kappa shape index (κ3) is 6.58. The lowest BCUT2D eigenvalue weighted by Gasteiger charge is -2.16. The molecule has 1 atom stereocenters. The van der Waals surface area contributed by atoms with Crippen LogP contribution in [0.1, 0.15) is 26.2 Å². The van der Waals surface area contributed by atoms with Gasteiger partial charge in [-0.15, -0.1) is 0 Å². The summed E-state index contributed by atoms with van der Waals surface area (Å²) in [6.07, 6.45) is 3.57. The van der Waals surface area contributed by atoms with E-state index in [1.165, 1.54) is 12.8 Å². The molecular weight excluding hydrogens is 150 g/mol. The first-order chi connectivity index (χ1) is 5.85. The van der Waals surface area contributed by atoms with Crippen LogP contribution in [0.15, 0.2) is 0 Å². The van der Waals surface area contributed by atoms with Crippen molar-refractivity contribution in [2.45, 2.75) is 32.2 Å². The highest BCUT2D eigenvalue weighted by atomic mass is 14.9. The highest BCUT2D eigenvalue weighted by molar-refractivity contribution is 4.66. The Bertz CT molecular complexity index is 79.8. The molecule has 0 fully saturated rings. The van der Waals surface area contributed by atoms with Gasteiger partial charge < -0.3 is 16.4 Å². The molecule has 3 heteroatoms. The molecule has 0 saturated carbocycles. The van der Waals surface area contributed by atoms with E-state index in [2.05, 4.69) is 17.6 Å². The van der Waals surface area contributed by atoms with Crippen molar-refractivity contribution in [3.63, 3.8) is 0 Å². The minimum absolute atomic E-state index is 0.619. The molecule has 1 unspecified atom stereocenters. The van der Waals surface area contributed by atoms with Crippen LogP contribution in [0, 0.1) is 0 Å². The first-order valence-corrected chi connectivity index (χ1v) is 4.93. The van der Waals surface area contributed by atoms with Crippen molar-refractivity contribution in [3.8, 4) is 0 Å². The highest BCUT2D eigenvalue weighted by Crippen LogP contribution is 1.99. The van der Waals surface area contributed by atoms with Crippen LogP contribution in [0.3, 0.4) is 0 Å². The van der Waals surface area contributed by atoms with Gasteiger partial charge in [0.15, 0.2) is 0 Å². The van der Waals surface area contributed by atoms with Crippen molar-refractivity contribution in [2.75, 3.05) is 26.7 Å². The second kappa shape index (κ2) is 8.97. The normalized spacial score (nSPS) is 13.2. The van der Waals surface area contributed by atoms with Crippen molar-refractivity contribution in [1.82, 2.24) is 10.6 Å². The summed E-state index contributed by atoms with van der Waals surface area (Å²) < 4.78 is 0. The summed E-state index contributed by atoms with van der Waals surface area (Å²) in [5.74, 6) is 0. The van der Waals surface area contributed by atoms with Gasteiger partial charge in [0.2, 0.25) is 0 Å². The molecule has 0 bridgehead atoms. The molecule has 12 heavy (non-hydrogen) atoms. The lowest BCUT2D eigenvalue weighted by molar-refractivity contribution is 0.452. The van der Waals surface area contributed by atoms with Crippen LogP contribution in [0.25, 0.3) is 0 Å². The molecule has 4 N–H and O–H groups in total. The van der Waals surface area contributed by atoms with E-state index in [-0.39, 0.29) is 0 Å². The molecule has 0 aromatic carbocycles. The summed E-state index contributed by atoms with van der Waals surface area (Å²) in [5.41, 5.74) is 5.51. The van der Waals surface area contributed by atoms with Gasteiger partial charge in [0.1, 0.15) is 0 Å². The second-order valence-electron chi connectivity index (χ2n) is 3.12. The summed E-state index contributed by atoms with van der Waals surface area (Å²) >= 11 is 0. The van der Waals surface area contributed by atoms with Crippen molar-refractivity contribution >= 4 is 0 Å². The lowest BCUT2D eigenvalue weighted by atomic mass is 10.1. The van der Waals surface area contributed by atoms with Gasteiger partial charge in [-0.05, 0) is 26.4 Å². The number of likely N-dealkylation sites (N-methyl/N-ethyl adjacent to an activating group) is 1. The fraction of sp³-hybridized carbons (Fsp3) is 1.00. The smallest absolute Gasteiger partial charge is 0.00795 e. The van der Waals surface area contributed by atoms with Crippen LogP contribution in [0.2, 0.25) is 0 Å². The number of nitrogens with one attached hydrogen (secondary N) is 2. The van der Waals surface area contributed by atoms with E-state index in [9.17, 15) is 0 Å². The molecule has 0 aliphatic carbocycles. The van der Waals surface area contributed by atoms with Gasteiger partial charge >= 0.3 is 0 Å². The third-order valence-electron chi connectivity index (χ3n) is 1.96. The van der Waals surface area contributed by atoms with E-state index in [0.717, 1.165) is 26.1 Å². The van der Waals surface area contributed by atoms with Gasteiger partial charge in [-0.2, -0.15) is 0 Å². The molecule has 0 heterocycles. The SMILES string of the molecule is CCCC(CCN)NCCNC. The van der Waals surface area contributed by atoms with Crippen molar-refractivity contribution in [3.05, 3.63) is 0 Å². The topological polar surface area (TPSA) is 50.1 Å². The Morgan fingerprint density at radius 2 is 2.00 bits per heavy atom. The Hall–Kier alpha value is -0.120. The van der Waals surface area contributed by atoms with Gasteiger partial charge in [-0.3, -0.25) is 0 Å². The molecule has 0 amide bonds. The van der Waals surface area contributed by atoms with Gasteiger partial charge in [0.25, 0.3) is 0 Å². The van der Waals surface area contributed by atoms with E-state index in [1.54, 1.807) is 0 Å². The average molecular weight is 173 g/mol. The minimum Gasteiger partial charge on any atom is -0.330 e. The molecule has 0 aliphatic heterocycles. The standard InChI is InChI=1S/C9H23N3/c1-3-4-9(5-6-10)12-8-7-11-2/h9,11-12H,3-8,10H2,1-2H3. The summed E-state index contributed by atoms with van der Waals surface area (Å²) in [6.45, 7) is 5.08. The maximum absolute atomic E-state index is 5.51. The van der Waals surface area contributed by atoms with Gasteiger partial charge in [0.05, 0.1) is 0 Å². The Labute approximate surface area is 76.1 Å². The number of hydrogen-bond acceptors (Lipinski definition) is 3. The van der Waals surface area contributed by atoms with E-state index in [0.29, 0.717) is 6.04 Å². The van der Waals surface area contributed by atoms with Gasteiger partial charge in [0, 0.05) is 19.1 Å². The number of nitrogens with two attached hydrogens (primary N) is 1. The lowest BCUT2D eigenvalue weighted by Crippen LogP contribution is -2.35. The predicted molar refractivity (Wildman–Crippen MR) is 54.3 cm³/mol. The Balaban J connectivity index is 3.34. The van der Waals surface area contributed by atoms with Crippen LogP contribution in [-0.4, -0.2) is 32.7 Å². The van der Waals surface area contributed by atoms with E-state index in [4.69, 9.17) is 5.73 Å². The molecular formula is C9H23N3. The highest BCUT2D eigenvalue weighted by Gasteiger charge is 2.03. The molecule has 0 aromatic rings. The molecule has 74 valence electrons. The molecule has 0 saturated heterocycles. The molecule has 0 spiro atoms. The van der Waals surface area contributed by atoms with Crippen molar-refractivity contribution in [2.24, 2.45) is 5.73 Å². The second-order valence-corrected chi connectivity index (χ2v) is 3.12. The molecule has 0 aliphatic rings. The molecule has 0 rings (SSSR count). The average Bonchev–Trinajstić information content (AvgIpc) is 2.06. The zero-order chi connectivity index (χ0) is 9.23. The van der Waals surface area contributed by atoms with Gasteiger partial charge in [-0.1, -0.05) is 13.3 Å². The summed E-state index contributed by atoms with van der Waals surface area (Å²) in [7, 11) is 1.97. The van der Waals surface area contributed by atoms with Crippen LogP contribution in [-0.2, 0) is 0 Å². The van der Waals surface area contributed by atoms with Crippen molar-refractivity contribution < 1.29 is 0 Å². The maximum atomic E-state index is 5.51. The molecule has 0 aromatic heterocycles. The fourth-order valence-corrected chi connectivity index (χ4v) is 1.30. The molecule has 3 nitrogen and oxygen atoms in total. The number of hydrogen-bond donors (Lipinski definition) is 3. The minimum atomic E-state index is 0.619. The summed E-state index contributed by atoms with van der Waals surface area (Å²) in [4.78, 5) is 0. The van der Waals surface area contributed by atoms with E-state index in [1.807, 2.05) is 7.05 Å². The quantitative estimate of drug-likeness (QED) is 0.463. The first kappa shape index (κ1) is 11.9. The Morgan fingerprint density at radius 3 is 2.50 bits per heavy atom. The number of rotatable bonds is 8. The third-order valence-corrected chi connectivity index (χ3v) is 1.96. The van der Waals surface area contributed by atoms with Gasteiger partial charge in [-0.25, -0.2) is 0 Å². The molecule has 0 radical (unpaired) electrons. The maximum Gasteiger partial charge on any atom is 0.00795 e. The van der Waals surface area contributed by atoms with Crippen LogP contribution < -0.4 is 16.4 Å². The monoisotopic (exact) mass is 173 g/mol. The fourth-order valence-electron chi connectivity index (χ4n) is 1.30. The summed E-state index contributed by atoms with van der Waals surface area (Å²) in [5, 5.41) is 6.59. The van der Waals surface area contributed by atoms with Crippen LogP contribution in [0.5, 0.6) is 0 Å². The summed E-state index contributed by atoms with van der Waals surface area (Å²) in [6, 6.07) is 0.619. The van der Waals surface area contributed by atoms with Crippen molar-refractivity contribution in [1.29, 1.82) is 0 Å². The largest absolute Gasteiger partial charge is 0.330 e. The van der Waals surface area contributed by atoms with Crippen LogP contribution >= 0.6 is 0 Å². The van der Waals surface area contributed by atoms with E-state index >= 15 is 0 Å². The Morgan fingerprint density at radius 1 is 1.25 bits per heavy atom. The van der Waals surface area contributed by atoms with E-state index < -0.39 is 0 Å². The zero-order valence-corrected chi connectivity index (χ0v) is 8.40. The zero-order valence-electron chi connectivity index (χ0n) is 8.40. The Kier molecular flexibility index (Phi) is 8.88. The van der Waals surface area contributed by atoms with Crippen LogP contribution in [0.4, 0.5) is 0 Å². The predicted octanol–water partition coefficient (Wildman–Crippen LogP) is 0.313.